The van der Waals surface area contributed by atoms with Crippen LogP contribution in [-0.2, 0) is 11.4 Å². The molecule has 0 aliphatic heterocycles. The Kier molecular flexibility index (Phi) is 6.44. The second-order valence-corrected chi connectivity index (χ2v) is 5.41. The summed E-state index contributed by atoms with van der Waals surface area (Å²) in [5, 5.41) is 28.8. The summed E-state index contributed by atoms with van der Waals surface area (Å²) in [6.07, 6.45) is -2.20. The van der Waals surface area contributed by atoms with Gasteiger partial charge < -0.3 is 15.3 Å². The molecule has 0 saturated heterocycles. The molecule has 0 aromatic heterocycles. The molecule has 19 heavy (non-hydrogen) atoms. The average molecular weight is 288 g/mol. The molecule has 0 radical (unpaired) electrons. The number of rotatable bonds is 6. The molecular formula is C13H17FO4S. The number of aliphatic hydroxyl groups is 3. The van der Waals surface area contributed by atoms with Gasteiger partial charge >= 0.3 is 0 Å². The number of hydrogen-bond acceptors (Lipinski definition) is 5. The van der Waals surface area contributed by atoms with Gasteiger partial charge in [0.2, 0.25) is 0 Å². The highest BCUT2D eigenvalue weighted by Gasteiger charge is 2.21. The third-order valence-electron chi connectivity index (χ3n) is 2.68. The van der Waals surface area contributed by atoms with Crippen molar-refractivity contribution in [1.29, 1.82) is 0 Å². The third-order valence-corrected chi connectivity index (χ3v) is 3.53. The first-order chi connectivity index (χ1) is 8.95. The van der Waals surface area contributed by atoms with E-state index in [1.54, 1.807) is 0 Å². The van der Waals surface area contributed by atoms with Crippen LogP contribution in [0.4, 0.5) is 4.39 Å². The van der Waals surface area contributed by atoms with Crippen LogP contribution in [0, 0.1) is 5.82 Å². The van der Waals surface area contributed by atoms with E-state index >= 15 is 0 Å². The van der Waals surface area contributed by atoms with E-state index in [0.717, 1.165) is 17.8 Å². The van der Waals surface area contributed by atoms with Crippen molar-refractivity contribution in [2.45, 2.75) is 32.2 Å². The fourth-order valence-corrected chi connectivity index (χ4v) is 2.32. The van der Waals surface area contributed by atoms with Crippen molar-refractivity contribution in [1.82, 2.24) is 0 Å². The van der Waals surface area contributed by atoms with Gasteiger partial charge in [0.15, 0.2) is 5.12 Å². The summed E-state index contributed by atoms with van der Waals surface area (Å²) >= 11 is 1.05. The largest absolute Gasteiger partial charge is 0.392 e. The average Bonchev–Trinajstić information content (AvgIpc) is 2.37. The Morgan fingerprint density at radius 1 is 1.42 bits per heavy atom. The van der Waals surface area contributed by atoms with E-state index in [1.165, 1.54) is 19.1 Å². The van der Waals surface area contributed by atoms with Crippen LogP contribution in [0.5, 0.6) is 0 Å². The summed E-state index contributed by atoms with van der Waals surface area (Å²) in [4.78, 5) is 10.7. The summed E-state index contributed by atoms with van der Waals surface area (Å²) in [6.45, 7) is 1.07. The van der Waals surface area contributed by atoms with E-state index in [2.05, 4.69) is 0 Å². The highest BCUT2D eigenvalue weighted by Crippen LogP contribution is 2.25. The van der Waals surface area contributed by atoms with Crippen molar-refractivity contribution >= 4 is 16.9 Å². The normalized spacial score (nSPS) is 14.2. The zero-order valence-corrected chi connectivity index (χ0v) is 11.4. The van der Waals surface area contributed by atoms with Gasteiger partial charge in [-0.3, -0.25) is 4.79 Å². The predicted octanol–water partition coefficient (Wildman–Crippen LogP) is 1.38. The van der Waals surface area contributed by atoms with Gasteiger partial charge in [-0.15, -0.1) is 0 Å². The molecule has 2 atom stereocenters. The van der Waals surface area contributed by atoms with Gasteiger partial charge in [-0.05, 0) is 29.7 Å². The van der Waals surface area contributed by atoms with Gasteiger partial charge in [0.1, 0.15) is 11.9 Å². The number of benzene rings is 1. The third kappa shape index (κ3) is 4.91. The lowest BCUT2D eigenvalue weighted by atomic mass is 9.97. The molecule has 0 aliphatic rings. The minimum atomic E-state index is -1.29. The molecular weight excluding hydrogens is 271 g/mol. The number of carbonyl (C=O) groups is 1. The molecule has 1 aromatic carbocycles. The molecule has 0 spiro atoms. The Hall–Kier alpha value is -0.950. The summed E-state index contributed by atoms with van der Waals surface area (Å²) in [5.41, 5.74) is 0.537. The van der Waals surface area contributed by atoms with Crippen molar-refractivity contribution in [3.05, 3.63) is 35.1 Å². The fraction of sp³-hybridized carbons (Fsp3) is 0.462. The van der Waals surface area contributed by atoms with E-state index in [1.807, 2.05) is 0 Å². The van der Waals surface area contributed by atoms with Gasteiger partial charge in [0.25, 0.3) is 0 Å². The van der Waals surface area contributed by atoms with E-state index in [-0.39, 0.29) is 23.7 Å². The molecule has 0 amide bonds. The molecule has 0 heterocycles. The Bertz CT molecular complexity index is 439. The monoisotopic (exact) mass is 288 g/mol. The Morgan fingerprint density at radius 3 is 2.68 bits per heavy atom. The number of halogens is 1. The molecule has 4 nitrogen and oxygen atoms in total. The van der Waals surface area contributed by atoms with Crippen LogP contribution >= 0.6 is 11.8 Å². The standard InChI is InChI=1S/C13H17FO4S/c1-8(16)19-5-4-12(17)13(18)11-6-10(14)3-2-9(11)7-15/h2-3,6,12-13,15,17-18H,4-5,7H2,1H3. The highest BCUT2D eigenvalue weighted by molar-refractivity contribution is 8.13. The van der Waals surface area contributed by atoms with Crippen LogP contribution in [0.3, 0.4) is 0 Å². The maximum atomic E-state index is 13.1. The van der Waals surface area contributed by atoms with Crippen LogP contribution in [0.25, 0.3) is 0 Å². The SMILES string of the molecule is CC(=O)SCCC(O)C(O)c1cc(F)ccc1CO. The molecule has 6 heteroatoms. The molecule has 1 aromatic rings. The smallest absolute Gasteiger partial charge is 0.185 e. The van der Waals surface area contributed by atoms with Crippen LogP contribution in [0.2, 0.25) is 0 Å². The summed E-state index contributed by atoms with van der Waals surface area (Å²) in [5.74, 6) is -0.172. The zero-order valence-electron chi connectivity index (χ0n) is 10.5. The Balaban J connectivity index is 2.72. The minimum absolute atomic E-state index is 0.0662. The van der Waals surface area contributed by atoms with Gasteiger partial charge in [-0.25, -0.2) is 4.39 Å². The van der Waals surface area contributed by atoms with E-state index < -0.39 is 18.0 Å². The number of carbonyl (C=O) groups excluding carboxylic acids is 1. The fourth-order valence-electron chi connectivity index (χ4n) is 1.67. The number of thioether (sulfide) groups is 1. The second kappa shape index (κ2) is 7.59. The van der Waals surface area contributed by atoms with E-state index in [9.17, 15) is 19.4 Å². The quantitative estimate of drug-likeness (QED) is 0.737. The summed E-state index contributed by atoms with van der Waals surface area (Å²) in [7, 11) is 0. The van der Waals surface area contributed by atoms with Gasteiger partial charge in [-0.2, -0.15) is 0 Å². The van der Waals surface area contributed by atoms with Crippen molar-refractivity contribution in [3.63, 3.8) is 0 Å². The number of hydrogen-bond donors (Lipinski definition) is 3. The molecule has 0 aliphatic carbocycles. The van der Waals surface area contributed by atoms with Crippen molar-refractivity contribution in [2.24, 2.45) is 0 Å². The van der Waals surface area contributed by atoms with E-state index in [0.29, 0.717) is 11.3 Å². The highest BCUT2D eigenvalue weighted by atomic mass is 32.2. The topological polar surface area (TPSA) is 77.8 Å². The first kappa shape index (κ1) is 16.1. The maximum Gasteiger partial charge on any atom is 0.185 e. The van der Waals surface area contributed by atoms with Gasteiger partial charge in [-0.1, -0.05) is 17.8 Å². The molecule has 2 unspecified atom stereocenters. The Labute approximate surface area is 115 Å². The van der Waals surface area contributed by atoms with E-state index in [4.69, 9.17) is 5.11 Å². The maximum absolute atomic E-state index is 13.1. The second-order valence-electron chi connectivity index (χ2n) is 4.14. The lowest BCUT2D eigenvalue weighted by molar-refractivity contribution is -0.109. The number of aliphatic hydroxyl groups excluding tert-OH is 3. The predicted molar refractivity (Wildman–Crippen MR) is 71.0 cm³/mol. The first-order valence-corrected chi connectivity index (χ1v) is 6.83. The summed E-state index contributed by atoms with van der Waals surface area (Å²) < 4.78 is 13.1. The van der Waals surface area contributed by atoms with Crippen LogP contribution in [0.1, 0.15) is 30.6 Å². The van der Waals surface area contributed by atoms with Gasteiger partial charge in [0, 0.05) is 12.7 Å². The molecule has 0 saturated carbocycles. The van der Waals surface area contributed by atoms with Crippen molar-refractivity contribution in [2.75, 3.05) is 5.75 Å². The minimum Gasteiger partial charge on any atom is -0.392 e. The zero-order chi connectivity index (χ0) is 14.4. The van der Waals surface area contributed by atoms with Crippen LogP contribution in [-0.4, -0.2) is 32.3 Å². The Morgan fingerprint density at radius 2 is 2.11 bits per heavy atom. The van der Waals surface area contributed by atoms with Gasteiger partial charge in [0.05, 0.1) is 12.7 Å². The lowest BCUT2D eigenvalue weighted by Crippen LogP contribution is -2.20. The first-order valence-electron chi connectivity index (χ1n) is 5.84. The molecule has 106 valence electrons. The molecule has 0 bridgehead atoms. The van der Waals surface area contributed by atoms with Crippen molar-refractivity contribution in [3.8, 4) is 0 Å². The van der Waals surface area contributed by atoms with Crippen LogP contribution < -0.4 is 0 Å². The molecule has 0 fully saturated rings. The summed E-state index contributed by atoms with van der Waals surface area (Å²) in [6, 6.07) is 3.64. The lowest BCUT2D eigenvalue weighted by Gasteiger charge is -2.20. The molecule has 1 rings (SSSR count). The van der Waals surface area contributed by atoms with Crippen LogP contribution in [0.15, 0.2) is 18.2 Å². The molecule has 3 N–H and O–H groups in total. The van der Waals surface area contributed by atoms with Crippen molar-refractivity contribution < 1.29 is 24.5 Å².